The van der Waals surface area contributed by atoms with Gasteiger partial charge in [0.25, 0.3) is 5.56 Å². The highest BCUT2D eigenvalue weighted by Gasteiger charge is 2.35. The first-order chi connectivity index (χ1) is 18.4. The molecule has 1 aromatic carbocycles. The van der Waals surface area contributed by atoms with Crippen molar-refractivity contribution in [1.29, 1.82) is 0 Å². The van der Waals surface area contributed by atoms with E-state index in [-0.39, 0.29) is 17.7 Å². The van der Waals surface area contributed by atoms with Gasteiger partial charge in [-0.3, -0.25) is 9.36 Å². The van der Waals surface area contributed by atoms with Crippen molar-refractivity contribution < 1.29 is 23.4 Å². The van der Waals surface area contributed by atoms with Crippen molar-refractivity contribution in [1.82, 2.24) is 4.57 Å². The van der Waals surface area contributed by atoms with Gasteiger partial charge in [0.05, 0.1) is 36.6 Å². The lowest BCUT2D eigenvalue weighted by atomic mass is 9.95. The van der Waals surface area contributed by atoms with Crippen LogP contribution in [0.4, 0.5) is 5.88 Å². The molecule has 0 radical (unpaired) electrons. The van der Waals surface area contributed by atoms with Crippen molar-refractivity contribution in [3.63, 3.8) is 0 Å². The van der Waals surface area contributed by atoms with Gasteiger partial charge in [-0.15, -0.1) is 0 Å². The summed E-state index contributed by atoms with van der Waals surface area (Å²) in [6.07, 6.45) is 5.26. The van der Waals surface area contributed by atoms with Gasteiger partial charge in [0, 0.05) is 30.8 Å². The largest absolute Gasteiger partial charge is 0.497 e. The maximum absolute atomic E-state index is 13.9. The molecule has 4 heterocycles. The molecule has 0 saturated carbocycles. The van der Waals surface area contributed by atoms with Crippen molar-refractivity contribution >= 4 is 29.3 Å². The van der Waals surface area contributed by atoms with E-state index in [1.54, 1.807) is 52.3 Å². The molecule has 0 amide bonds. The minimum atomic E-state index is -0.807. The molecule has 10 heteroatoms. The minimum Gasteiger partial charge on any atom is -0.497 e. The fourth-order valence-electron chi connectivity index (χ4n) is 4.97. The number of hydrogen-bond donors (Lipinski definition) is 0. The van der Waals surface area contributed by atoms with Gasteiger partial charge in [-0.1, -0.05) is 11.3 Å². The Morgan fingerprint density at radius 3 is 2.66 bits per heavy atom. The first-order valence-corrected chi connectivity index (χ1v) is 13.5. The van der Waals surface area contributed by atoms with E-state index in [0.717, 1.165) is 31.8 Å². The van der Waals surface area contributed by atoms with E-state index in [2.05, 4.69) is 9.89 Å². The summed E-state index contributed by atoms with van der Waals surface area (Å²) in [5, 5.41) is 0. The van der Waals surface area contributed by atoms with Crippen molar-refractivity contribution in [2.45, 2.75) is 39.2 Å². The summed E-state index contributed by atoms with van der Waals surface area (Å²) in [4.78, 5) is 34.4. The van der Waals surface area contributed by atoms with Crippen LogP contribution in [-0.2, 0) is 9.53 Å². The van der Waals surface area contributed by atoms with Crippen LogP contribution in [0.5, 0.6) is 11.5 Å². The number of carbonyl (C=O) groups is 1. The van der Waals surface area contributed by atoms with Gasteiger partial charge in [-0.05, 0) is 57.4 Å². The second-order valence-corrected chi connectivity index (χ2v) is 10.1. The first kappa shape index (κ1) is 25.8. The number of thiazole rings is 1. The molecule has 0 aliphatic carbocycles. The molecule has 1 saturated heterocycles. The van der Waals surface area contributed by atoms with Gasteiger partial charge < -0.3 is 23.5 Å². The van der Waals surface area contributed by atoms with E-state index in [0.29, 0.717) is 37.9 Å². The Balaban J connectivity index is 1.66. The molecule has 38 heavy (non-hydrogen) atoms. The Labute approximate surface area is 224 Å². The number of methoxy groups -OCH3 is 2. The highest BCUT2D eigenvalue weighted by Crippen LogP contribution is 2.37. The van der Waals surface area contributed by atoms with Crippen LogP contribution >= 0.6 is 11.3 Å². The minimum absolute atomic E-state index is 0.194. The number of furan rings is 1. The number of ether oxygens (including phenoxy) is 3. The summed E-state index contributed by atoms with van der Waals surface area (Å²) in [6.45, 7) is 5.62. The predicted octanol–water partition coefficient (Wildman–Crippen LogP) is 3.40. The highest BCUT2D eigenvalue weighted by atomic mass is 32.1. The number of benzene rings is 1. The SMILES string of the molecule is CCOC(=O)C1=C(C)N=c2s/c(=C\c3ccc(N4CCCCC4)o3)c(=O)n2[C@@H]1c1cc(OC)ccc1OC. The molecule has 5 rings (SSSR count). The Kier molecular flexibility index (Phi) is 7.42. The lowest BCUT2D eigenvalue weighted by Crippen LogP contribution is -2.40. The third-order valence-electron chi connectivity index (χ3n) is 6.80. The Bertz CT molecular complexity index is 1560. The molecule has 0 N–H and O–H groups in total. The van der Waals surface area contributed by atoms with Crippen LogP contribution in [-0.4, -0.2) is 44.5 Å². The number of esters is 1. The molecular formula is C28H31N3O6S. The van der Waals surface area contributed by atoms with E-state index in [4.69, 9.17) is 18.6 Å². The zero-order valence-electron chi connectivity index (χ0n) is 22.0. The van der Waals surface area contributed by atoms with E-state index in [1.807, 2.05) is 12.1 Å². The second kappa shape index (κ2) is 10.9. The number of rotatable bonds is 7. The molecular weight excluding hydrogens is 506 g/mol. The van der Waals surface area contributed by atoms with Crippen LogP contribution < -0.4 is 29.3 Å². The number of carbonyl (C=O) groups excluding carboxylic acids is 1. The summed E-state index contributed by atoms with van der Waals surface area (Å²) in [5.74, 6) is 1.95. The van der Waals surface area contributed by atoms with E-state index >= 15 is 0 Å². The van der Waals surface area contributed by atoms with Gasteiger partial charge in [-0.2, -0.15) is 0 Å². The Morgan fingerprint density at radius 2 is 1.95 bits per heavy atom. The van der Waals surface area contributed by atoms with Crippen molar-refractivity contribution in [3.8, 4) is 11.5 Å². The van der Waals surface area contributed by atoms with Crippen LogP contribution in [0.25, 0.3) is 6.08 Å². The van der Waals surface area contributed by atoms with Gasteiger partial charge >= 0.3 is 5.97 Å². The lowest BCUT2D eigenvalue weighted by molar-refractivity contribution is -0.139. The molecule has 2 aromatic heterocycles. The molecule has 9 nitrogen and oxygen atoms in total. The number of aromatic nitrogens is 1. The van der Waals surface area contributed by atoms with Crippen LogP contribution in [0.1, 0.15) is 50.5 Å². The lowest BCUT2D eigenvalue weighted by Gasteiger charge is -2.26. The molecule has 0 unspecified atom stereocenters. The first-order valence-electron chi connectivity index (χ1n) is 12.7. The fourth-order valence-corrected chi connectivity index (χ4v) is 6.00. The Morgan fingerprint density at radius 1 is 1.16 bits per heavy atom. The predicted molar refractivity (Wildman–Crippen MR) is 145 cm³/mol. The number of hydrogen-bond acceptors (Lipinski definition) is 9. The topological polar surface area (TPSA) is 95.5 Å². The summed E-state index contributed by atoms with van der Waals surface area (Å²) in [5.41, 5.74) is 1.08. The normalized spacial score (nSPS) is 17.7. The smallest absolute Gasteiger partial charge is 0.338 e. The third kappa shape index (κ3) is 4.76. The zero-order chi connectivity index (χ0) is 26.8. The number of anilines is 1. The average molecular weight is 538 g/mol. The highest BCUT2D eigenvalue weighted by molar-refractivity contribution is 7.07. The molecule has 200 valence electrons. The molecule has 1 fully saturated rings. The average Bonchev–Trinajstić information content (AvgIpc) is 3.52. The number of fused-ring (bicyclic) bond motifs is 1. The molecule has 1 atom stereocenters. The fraction of sp³-hybridized carbons (Fsp3) is 0.393. The van der Waals surface area contributed by atoms with Crippen LogP contribution in [0, 0.1) is 0 Å². The Hall–Kier alpha value is -3.79. The number of nitrogens with zero attached hydrogens (tertiary/aromatic N) is 3. The van der Waals surface area contributed by atoms with Crippen molar-refractivity contribution in [2.75, 3.05) is 38.8 Å². The molecule has 0 spiro atoms. The summed E-state index contributed by atoms with van der Waals surface area (Å²) < 4.78 is 24.5. The molecule has 2 aliphatic heterocycles. The van der Waals surface area contributed by atoms with Gasteiger partial charge in [0.1, 0.15) is 23.3 Å². The van der Waals surface area contributed by atoms with Crippen molar-refractivity contribution in [2.24, 2.45) is 4.99 Å². The van der Waals surface area contributed by atoms with E-state index < -0.39 is 12.0 Å². The monoisotopic (exact) mass is 537 g/mol. The van der Waals surface area contributed by atoms with Crippen molar-refractivity contribution in [3.05, 3.63) is 72.6 Å². The van der Waals surface area contributed by atoms with Gasteiger partial charge in [-0.25, -0.2) is 9.79 Å². The molecule has 3 aromatic rings. The quantitative estimate of drug-likeness (QED) is 0.427. The second-order valence-electron chi connectivity index (χ2n) is 9.13. The molecule has 0 bridgehead atoms. The molecule has 2 aliphatic rings. The number of piperidine rings is 1. The number of allylic oxidation sites excluding steroid dienone is 1. The summed E-state index contributed by atoms with van der Waals surface area (Å²) in [7, 11) is 3.11. The van der Waals surface area contributed by atoms with Gasteiger partial charge in [0.2, 0.25) is 0 Å². The maximum atomic E-state index is 13.9. The summed E-state index contributed by atoms with van der Waals surface area (Å²) >= 11 is 1.25. The van der Waals surface area contributed by atoms with Crippen LogP contribution in [0.3, 0.4) is 0 Å². The van der Waals surface area contributed by atoms with E-state index in [1.165, 1.54) is 22.3 Å². The maximum Gasteiger partial charge on any atom is 0.338 e. The van der Waals surface area contributed by atoms with Gasteiger partial charge in [0.15, 0.2) is 10.7 Å². The zero-order valence-corrected chi connectivity index (χ0v) is 22.8. The van der Waals surface area contributed by atoms with E-state index in [9.17, 15) is 9.59 Å². The summed E-state index contributed by atoms with van der Waals surface area (Å²) in [6, 6.07) is 8.31. The third-order valence-corrected chi connectivity index (χ3v) is 7.79. The van der Waals surface area contributed by atoms with Crippen LogP contribution in [0.15, 0.2) is 55.8 Å². The standard InChI is InChI=1S/C28H31N3O6S/c1-5-36-27(33)24-17(2)29-28-31(25(24)20-15-18(34-3)9-11-21(20)35-4)26(32)22(38-28)16-19-10-12-23(37-19)30-13-7-6-8-14-30/h9-12,15-16,25H,5-8,13-14H2,1-4H3/b22-16-/t25-/m1/s1. The van der Waals surface area contributed by atoms with Crippen LogP contribution in [0.2, 0.25) is 0 Å².